The van der Waals surface area contributed by atoms with Crippen LogP contribution in [0, 0.1) is 11.6 Å². The van der Waals surface area contributed by atoms with E-state index in [2.05, 4.69) is 35.7 Å². The van der Waals surface area contributed by atoms with Crippen LogP contribution in [0.5, 0.6) is 11.6 Å². The highest BCUT2D eigenvalue weighted by Gasteiger charge is 2.34. The molecule has 0 saturated carbocycles. The van der Waals surface area contributed by atoms with Crippen LogP contribution in [0.3, 0.4) is 0 Å². The molecule has 0 atom stereocenters. The fraction of sp³-hybridized carbons (Fsp3) is 0.296. The Balaban J connectivity index is 1.05. The van der Waals surface area contributed by atoms with Crippen LogP contribution in [0.15, 0.2) is 48.8 Å². The van der Waals surface area contributed by atoms with Gasteiger partial charge in [-0.15, -0.1) is 23.4 Å². The number of hydrogen-bond donors (Lipinski definition) is 2. The van der Waals surface area contributed by atoms with E-state index in [1.165, 1.54) is 0 Å². The number of unbranched alkanes of at least 4 members (excludes halogenated alkanes) is 1. The highest BCUT2D eigenvalue weighted by atomic mass is 19.4. The average Bonchev–Trinajstić information content (AvgIpc) is 3.50. The van der Waals surface area contributed by atoms with Crippen LogP contribution >= 0.6 is 0 Å². The van der Waals surface area contributed by atoms with Crippen molar-refractivity contribution in [1.29, 1.82) is 0 Å². The van der Waals surface area contributed by atoms with Crippen LogP contribution in [-0.2, 0) is 11.3 Å². The van der Waals surface area contributed by atoms with Gasteiger partial charge in [0.15, 0.2) is 11.6 Å². The minimum absolute atomic E-state index is 0.0770. The maximum Gasteiger partial charge on any atom is 0.573 e. The van der Waals surface area contributed by atoms with Gasteiger partial charge in [-0.25, -0.2) is 13.8 Å². The number of tetrazole rings is 1. The molecule has 0 aliphatic heterocycles. The highest BCUT2D eigenvalue weighted by Crippen LogP contribution is 2.32. The van der Waals surface area contributed by atoms with Gasteiger partial charge in [0.1, 0.15) is 6.61 Å². The van der Waals surface area contributed by atoms with Crippen molar-refractivity contribution in [2.45, 2.75) is 25.7 Å². The van der Waals surface area contributed by atoms with E-state index in [9.17, 15) is 22.0 Å². The molecule has 0 radical (unpaired) electrons. The van der Waals surface area contributed by atoms with Crippen LogP contribution < -0.4 is 14.8 Å². The number of hydrogen-bond acceptors (Lipinski definition) is 9. The number of alkyl halides is 3. The molecule has 220 valence electrons. The van der Waals surface area contributed by atoms with Crippen molar-refractivity contribution in [3.8, 4) is 23.0 Å². The Morgan fingerprint density at radius 1 is 0.905 bits per heavy atom. The van der Waals surface area contributed by atoms with Crippen molar-refractivity contribution in [3.63, 3.8) is 0 Å². The summed E-state index contributed by atoms with van der Waals surface area (Å²) in [4.78, 5) is 8.93. The van der Waals surface area contributed by atoms with Crippen molar-refractivity contribution in [3.05, 3.63) is 66.0 Å². The number of halogens is 5. The van der Waals surface area contributed by atoms with Gasteiger partial charge in [-0.1, -0.05) is 12.1 Å². The summed E-state index contributed by atoms with van der Waals surface area (Å²) in [6.45, 7) is 1.64. The average molecular weight is 590 g/mol. The normalized spacial score (nSPS) is 11.8. The standard InChI is InChI=1S/C27H24F5N7O3/c28-21-11-16(12-22(29)24(21)42-27(30,31)32)14-33-6-1-2-8-40-9-10-41-26-19-5-7-34-15-20(19)18-4-3-17(13-23(18)35-26)25-36-38-39-37-25/h3-5,7,11-13,15,33H,1-2,6,8-10,14H2,(H,36,37,38,39). The van der Waals surface area contributed by atoms with Gasteiger partial charge in [-0.2, -0.15) is 5.21 Å². The van der Waals surface area contributed by atoms with Crippen molar-refractivity contribution in [2.24, 2.45) is 0 Å². The molecule has 0 spiro atoms. The van der Waals surface area contributed by atoms with Gasteiger partial charge in [0.25, 0.3) is 0 Å². The Kier molecular flexibility index (Phi) is 8.97. The van der Waals surface area contributed by atoms with Crippen LogP contribution in [0.4, 0.5) is 22.0 Å². The first-order chi connectivity index (χ1) is 20.3. The topological polar surface area (TPSA) is 120 Å². The second kappa shape index (κ2) is 13.0. The van der Waals surface area contributed by atoms with E-state index >= 15 is 0 Å². The molecule has 0 aliphatic rings. The lowest BCUT2D eigenvalue weighted by Gasteiger charge is -2.12. The van der Waals surface area contributed by atoms with Crippen LogP contribution in [0.1, 0.15) is 18.4 Å². The number of aromatic amines is 1. The van der Waals surface area contributed by atoms with Crippen LogP contribution in [0.2, 0.25) is 0 Å². The highest BCUT2D eigenvalue weighted by molar-refractivity contribution is 6.08. The lowest BCUT2D eigenvalue weighted by Crippen LogP contribution is -2.20. The third-order valence-electron chi connectivity index (χ3n) is 6.13. The van der Waals surface area contributed by atoms with E-state index in [-0.39, 0.29) is 18.7 Å². The van der Waals surface area contributed by atoms with Gasteiger partial charge in [-0.3, -0.25) is 4.98 Å². The van der Waals surface area contributed by atoms with Gasteiger partial charge in [0.05, 0.1) is 12.1 Å². The molecule has 0 fully saturated rings. The summed E-state index contributed by atoms with van der Waals surface area (Å²) in [6.07, 6.45) is -0.346. The molecule has 5 aromatic rings. The lowest BCUT2D eigenvalue weighted by atomic mass is 10.1. The summed E-state index contributed by atoms with van der Waals surface area (Å²) in [7, 11) is 0. The predicted octanol–water partition coefficient (Wildman–Crippen LogP) is 5.11. The summed E-state index contributed by atoms with van der Waals surface area (Å²) >= 11 is 0. The molecule has 0 unspecified atom stereocenters. The number of nitrogens with zero attached hydrogens (tertiary/aromatic N) is 5. The van der Waals surface area contributed by atoms with Gasteiger partial charge < -0.3 is 19.5 Å². The summed E-state index contributed by atoms with van der Waals surface area (Å²) in [5.41, 5.74) is 1.60. The third kappa shape index (κ3) is 7.22. The number of benzene rings is 2. The van der Waals surface area contributed by atoms with Gasteiger partial charge in [0, 0.05) is 47.3 Å². The first-order valence-electron chi connectivity index (χ1n) is 12.8. The van der Waals surface area contributed by atoms with Crippen molar-refractivity contribution < 1.29 is 36.2 Å². The minimum atomic E-state index is -5.18. The summed E-state index contributed by atoms with van der Waals surface area (Å²) < 4.78 is 79.4. The monoisotopic (exact) mass is 589 g/mol. The predicted molar refractivity (Wildman–Crippen MR) is 141 cm³/mol. The molecule has 0 saturated heterocycles. The molecule has 3 heterocycles. The van der Waals surface area contributed by atoms with Crippen molar-refractivity contribution in [2.75, 3.05) is 26.4 Å². The maximum absolute atomic E-state index is 13.8. The van der Waals surface area contributed by atoms with Crippen molar-refractivity contribution in [1.82, 2.24) is 35.9 Å². The zero-order chi connectivity index (χ0) is 29.5. The number of nitrogens with one attached hydrogen (secondary N) is 2. The van der Waals surface area contributed by atoms with Gasteiger partial charge >= 0.3 is 6.36 Å². The zero-order valence-corrected chi connectivity index (χ0v) is 21.9. The van der Waals surface area contributed by atoms with E-state index in [0.29, 0.717) is 49.8 Å². The quantitative estimate of drug-likeness (QED) is 0.110. The molecule has 15 heteroatoms. The number of rotatable bonds is 13. The van der Waals surface area contributed by atoms with Gasteiger partial charge in [0.2, 0.25) is 17.5 Å². The van der Waals surface area contributed by atoms with E-state index in [1.807, 2.05) is 24.3 Å². The summed E-state index contributed by atoms with van der Waals surface area (Å²) in [5.74, 6) is -3.41. The molecule has 42 heavy (non-hydrogen) atoms. The molecule has 0 bridgehead atoms. The Bertz CT molecular complexity index is 1630. The SMILES string of the molecule is Fc1cc(CNCCCCOCCOc2nc3cc(-c4nn[nH]n4)ccc3c3cnccc23)cc(F)c1OC(F)(F)F. The number of H-pyrrole nitrogens is 1. The Hall–Kier alpha value is -4.50. The second-order valence-corrected chi connectivity index (χ2v) is 9.09. The number of fused-ring (bicyclic) bond motifs is 3. The van der Waals surface area contributed by atoms with E-state index < -0.39 is 23.7 Å². The summed E-state index contributed by atoms with van der Waals surface area (Å²) in [5, 5.41) is 19.7. The molecule has 2 aromatic carbocycles. The molecule has 0 aliphatic carbocycles. The summed E-state index contributed by atoms with van der Waals surface area (Å²) in [6, 6.07) is 9.12. The van der Waals surface area contributed by atoms with Gasteiger partial charge in [-0.05, 0) is 54.4 Å². The molecule has 2 N–H and O–H groups in total. The fourth-order valence-electron chi connectivity index (χ4n) is 4.26. The fourth-order valence-corrected chi connectivity index (χ4v) is 4.26. The Morgan fingerprint density at radius 3 is 2.50 bits per heavy atom. The first-order valence-corrected chi connectivity index (χ1v) is 12.8. The molecular weight excluding hydrogens is 565 g/mol. The largest absolute Gasteiger partial charge is 0.573 e. The van der Waals surface area contributed by atoms with Crippen LogP contribution in [-0.4, -0.2) is 63.3 Å². The molecular formula is C27H24F5N7O3. The smallest absolute Gasteiger partial charge is 0.475 e. The molecule has 3 aromatic heterocycles. The Morgan fingerprint density at radius 2 is 1.74 bits per heavy atom. The molecule has 0 amide bonds. The van der Waals surface area contributed by atoms with Crippen LogP contribution in [0.25, 0.3) is 33.1 Å². The Labute approximate surface area is 235 Å². The minimum Gasteiger partial charge on any atom is -0.475 e. The molecule has 5 rings (SSSR count). The lowest BCUT2D eigenvalue weighted by molar-refractivity contribution is -0.276. The first kappa shape index (κ1) is 29.0. The van der Waals surface area contributed by atoms with E-state index in [1.54, 1.807) is 12.4 Å². The third-order valence-corrected chi connectivity index (χ3v) is 6.13. The molecule has 10 nitrogen and oxygen atoms in total. The van der Waals surface area contributed by atoms with E-state index in [4.69, 9.17) is 14.5 Å². The number of ether oxygens (including phenoxy) is 3. The number of pyridine rings is 2. The second-order valence-electron chi connectivity index (χ2n) is 9.09. The maximum atomic E-state index is 13.8. The van der Waals surface area contributed by atoms with E-state index in [0.717, 1.165) is 33.9 Å². The zero-order valence-electron chi connectivity index (χ0n) is 21.9. The van der Waals surface area contributed by atoms with Crippen molar-refractivity contribution >= 4 is 21.7 Å². The number of aromatic nitrogens is 6.